The largest absolute Gasteiger partial charge is 0.504 e. The Hall–Kier alpha value is -2.38. The van der Waals surface area contributed by atoms with E-state index in [0.29, 0.717) is 23.4 Å². The molecule has 0 spiro atoms. The second-order valence-electron chi connectivity index (χ2n) is 6.10. The number of carbonyl (C=O) groups excluding carboxylic acids is 1. The van der Waals surface area contributed by atoms with E-state index in [9.17, 15) is 15.0 Å². The molecule has 3 N–H and O–H groups in total. The van der Waals surface area contributed by atoms with E-state index in [4.69, 9.17) is 9.47 Å². The minimum Gasteiger partial charge on any atom is -0.504 e. The lowest BCUT2D eigenvalue weighted by molar-refractivity contribution is 0.0666. The van der Waals surface area contributed by atoms with Gasteiger partial charge in [0.15, 0.2) is 11.5 Å². The van der Waals surface area contributed by atoms with E-state index in [-0.39, 0.29) is 18.3 Å². The number of nitrogens with one attached hydrogen (secondary N) is 1. The molecular weight excluding hydrogens is 366 g/mol. The fraction of sp³-hybridized carbons (Fsp3) is 0.350. The molecule has 7 heteroatoms. The Morgan fingerprint density at radius 3 is 2.48 bits per heavy atom. The molecule has 0 radical (unpaired) electrons. The molecule has 0 aromatic heterocycles. The molecule has 2 atom stereocenters. The fourth-order valence-electron chi connectivity index (χ4n) is 2.69. The molecule has 0 bridgehead atoms. The molecule has 6 nitrogen and oxygen atoms in total. The summed E-state index contributed by atoms with van der Waals surface area (Å²) in [4.78, 5) is 13.5. The third-order valence-corrected chi connectivity index (χ3v) is 4.95. The van der Waals surface area contributed by atoms with Crippen LogP contribution in [0.15, 0.2) is 47.4 Å². The highest BCUT2D eigenvalue weighted by molar-refractivity contribution is 7.98. The Morgan fingerprint density at radius 2 is 1.93 bits per heavy atom. The van der Waals surface area contributed by atoms with E-state index in [1.807, 2.05) is 25.3 Å². The maximum atomic E-state index is 12.4. The van der Waals surface area contributed by atoms with Gasteiger partial charge in [0.2, 0.25) is 0 Å². The van der Waals surface area contributed by atoms with E-state index in [2.05, 4.69) is 5.32 Å². The van der Waals surface area contributed by atoms with E-state index in [1.54, 1.807) is 36.0 Å². The first-order valence-corrected chi connectivity index (χ1v) is 9.80. The number of methoxy groups -OCH3 is 1. The lowest BCUT2D eigenvalue weighted by Gasteiger charge is -2.24. The highest BCUT2D eigenvalue weighted by atomic mass is 32.2. The Morgan fingerprint density at radius 1 is 1.22 bits per heavy atom. The van der Waals surface area contributed by atoms with Gasteiger partial charge in [-0.05, 0) is 60.6 Å². The van der Waals surface area contributed by atoms with Crippen molar-refractivity contribution in [3.63, 3.8) is 0 Å². The van der Waals surface area contributed by atoms with E-state index < -0.39 is 12.2 Å². The van der Waals surface area contributed by atoms with Crippen LogP contribution in [-0.2, 0) is 4.74 Å². The summed E-state index contributed by atoms with van der Waals surface area (Å²) in [5.41, 5.74) is 1.26. The van der Waals surface area contributed by atoms with Gasteiger partial charge in [-0.2, -0.15) is 0 Å². The Labute approximate surface area is 163 Å². The zero-order chi connectivity index (χ0) is 19.8. The summed E-state index contributed by atoms with van der Waals surface area (Å²) in [7, 11) is 1.47. The van der Waals surface area contributed by atoms with Crippen molar-refractivity contribution in [2.75, 3.05) is 25.3 Å². The molecule has 0 saturated heterocycles. The number of carbonyl (C=O) groups is 1. The molecule has 2 aromatic rings. The van der Waals surface area contributed by atoms with Crippen molar-refractivity contribution >= 4 is 23.5 Å². The van der Waals surface area contributed by atoms with E-state index >= 15 is 0 Å². The predicted octanol–water partition coefficient (Wildman–Crippen LogP) is 4.43. The van der Waals surface area contributed by atoms with Crippen LogP contribution in [0.3, 0.4) is 0 Å². The van der Waals surface area contributed by atoms with E-state index in [1.165, 1.54) is 13.2 Å². The van der Waals surface area contributed by atoms with Gasteiger partial charge < -0.3 is 19.7 Å². The average Bonchev–Trinajstić information content (AvgIpc) is 2.66. The highest BCUT2D eigenvalue weighted by Gasteiger charge is 2.24. The number of aliphatic hydroxyl groups is 1. The number of hydrogen-bond acceptors (Lipinski definition) is 6. The maximum absolute atomic E-state index is 12.4. The molecule has 0 aliphatic rings. The fourth-order valence-corrected chi connectivity index (χ4v) is 3.10. The normalized spacial score (nSPS) is 12.9. The van der Waals surface area contributed by atoms with Gasteiger partial charge >= 0.3 is 6.09 Å². The lowest BCUT2D eigenvalue weighted by Crippen LogP contribution is -2.22. The SMILES string of the molecule is COc1ccc([C@@H](OC(=O)Nc2ccc(SC)cc2)[C@@H](C)CCO)cc1O. The summed E-state index contributed by atoms with van der Waals surface area (Å²) < 4.78 is 10.7. The molecule has 0 heterocycles. The highest BCUT2D eigenvalue weighted by Crippen LogP contribution is 2.34. The van der Waals surface area contributed by atoms with Crippen molar-refractivity contribution in [3.05, 3.63) is 48.0 Å². The summed E-state index contributed by atoms with van der Waals surface area (Å²) in [5, 5.41) is 22.0. The molecule has 2 rings (SSSR count). The van der Waals surface area contributed by atoms with Gasteiger partial charge in [-0.3, -0.25) is 5.32 Å². The van der Waals surface area contributed by atoms with Crippen molar-refractivity contribution in [1.82, 2.24) is 0 Å². The number of phenolic OH excluding ortho intramolecular Hbond substituents is 1. The number of rotatable bonds is 8. The number of amides is 1. The van der Waals surface area contributed by atoms with Gasteiger partial charge in [-0.15, -0.1) is 11.8 Å². The molecule has 0 aliphatic carbocycles. The topological polar surface area (TPSA) is 88.0 Å². The zero-order valence-electron chi connectivity index (χ0n) is 15.6. The number of ether oxygens (including phenoxy) is 2. The van der Waals surface area contributed by atoms with Crippen LogP contribution in [0.5, 0.6) is 11.5 Å². The van der Waals surface area contributed by atoms with Crippen LogP contribution >= 0.6 is 11.8 Å². The van der Waals surface area contributed by atoms with Crippen molar-refractivity contribution < 1.29 is 24.5 Å². The molecule has 27 heavy (non-hydrogen) atoms. The first kappa shape index (κ1) is 20.9. The van der Waals surface area contributed by atoms with Crippen LogP contribution in [0.4, 0.5) is 10.5 Å². The van der Waals surface area contributed by atoms with Gasteiger partial charge in [0, 0.05) is 17.2 Å². The Bertz CT molecular complexity index is 751. The van der Waals surface area contributed by atoms with Crippen molar-refractivity contribution in [3.8, 4) is 11.5 Å². The molecule has 146 valence electrons. The van der Waals surface area contributed by atoms with Crippen LogP contribution in [0, 0.1) is 5.92 Å². The third kappa shape index (κ3) is 5.80. The summed E-state index contributed by atoms with van der Waals surface area (Å²) in [6.45, 7) is 1.85. The predicted molar refractivity (Wildman–Crippen MR) is 107 cm³/mol. The summed E-state index contributed by atoms with van der Waals surface area (Å²) >= 11 is 1.62. The molecule has 0 fully saturated rings. The molecule has 0 aliphatic heterocycles. The van der Waals surface area contributed by atoms with Crippen LogP contribution in [0.25, 0.3) is 0 Å². The number of aliphatic hydroxyl groups excluding tert-OH is 1. The maximum Gasteiger partial charge on any atom is 0.412 e. The van der Waals surface area contributed by atoms with Gasteiger partial charge in [0.1, 0.15) is 6.10 Å². The molecule has 1 amide bonds. The molecule has 2 aromatic carbocycles. The first-order chi connectivity index (χ1) is 13.0. The number of benzene rings is 2. The summed E-state index contributed by atoms with van der Waals surface area (Å²) in [6, 6.07) is 12.3. The van der Waals surface area contributed by atoms with Gasteiger partial charge in [0.25, 0.3) is 0 Å². The minimum atomic E-state index is -0.626. The van der Waals surface area contributed by atoms with Gasteiger partial charge in [0.05, 0.1) is 7.11 Å². The Kier molecular flexibility index (Phi) is 7.82. The van der Waals surface area contributed by atoms with Crippen molar-refractivity contribution in [1.29, 1.82) is 0 Å². The smallest absolute Gasteiger partial charge is 0.412 e. The minimum absolute atomic E-state index is 0.0269. The second kappa shape index (κ2) is 10.1. The lowest BCUT2D eigenvalue weighted by atomic mass is 9.94. The van der Waals surface area contributed by atoms with Crippen LogP contribution in [0.1, 0.15) is 25.0 Å². The number of anilines is 1. The molecule has 0 unspecified atom stereocenters. The van der Waals surface area contributed by atoms with E-state index in [0.717, 1.165) is 4.90 Å². The van der Waals surface area contributed by atoms with Crippen LogP contribution in [0.2, 0.25) is 0 Å². The Balaban J connectivity index is 2.15. The van der Waals surface area contributed by atoms with Crippen molar-refractivity contribution in [2.24, 2.45) is 5.92 Å². The number of aromatic hydroxyl groups is 1. The number of thioether (sulfide) groups is 1. The van der Waals surface area contributed by atoms with Crippen LogP contribution < -0.4 is 10.1 Å². The number of phenols is 1. The third-order valence-electron chi connectivity index (χ3n) is 4.20. The van der Waals surface area contributed by atoms with Gasteiger partial charge in [-0.1, -0.05) is 13.0 Å². The van der Waals surface area contributed by atoms with Crippen LogP contribution in [-0.4, -0.2) is 36.3 Å². The molecular formula is C20H25NO5S. The zero-order valence-corrected chi connectivity index (χ0v) is 16.5. The molecule has 0 saturated carbocycles. The van der Waals surface area contributed by atoms with Crippen molar-refractivity contribution in [2.45, 2.75) is 24.3 Å². The first-order valence-electron chi connectivity index (χ1n) is 8.58. The monoisotopic (exact) mass is 391 g/mol. The average molecular weight is 391 g/mol. The quantitative estimate of drug-likeness (QED) is 0.577. The standard InChI is InChI=1S/C20H25NO5S/c1-13(10-11-22)19(14-4-9-18(25-2)17(23)12-14)26-20(24)21-15-5-7-16(27-3)8-6-15/h4-9,12-13,19,22-23H,10-11H2,1-3H3,(H,21,24)/t13-,19-/m0/s1. The van der Waals surface area contributed by atoms with Gasteiger partial charge in [-0.25, -0.2) is 4.79 Å². The second-order valence-corrected chi connectivity index (χ2v) is 6.98. The summed E-state index contributed by atoms with van der Waals surface area (Å²) in [6.07, 6.45) is 1.21. The number of hydrogen-bond donors (Lipinski definition) is 3. The summed E-state index contributed by atoms with van der Waals surface area (Å²) in [5.74, 6) is 0.158.